The Hall–Kier alpha value is -2.36. The van der Waals surface area contributed by atoms with Gasteiger partial charge in [-0.15, -0.1) is 10.2 Å². The third-order valence-corrected chi connectivity index (χ3v) is 2.17. The molecular formula is C13H12N4. The molecule has 17 heavy (non-hydrogen) atoms. The molecule has 0 radical (unpaired) electrons. The Morgan fingerprint density at radius 3 is 1.29 bits per heavy atom. The van der Waals surface area contributed by atoms with E-state index in [0.29, 0.717) is 6.67 Å². The van der Waals surface area contributed by atoms with Crippen molar-refractivity contribution in [3.8, 4) is 11.1 Å². The van der Waals surface area contributed by atoms with Crippen molar-refractivity contribution in [1.29, 1.82) is 0 Å². The monoisotopic (exact) mass is 224 g/mol. The van der Waals surface area contributed by atoms with Crippen LogP contribution in [0.2, 0.25) is 0 Å². The van der Waals surface area contributed by atoms with Gasteiger partial charge in [0.15, 0.2) is 6.67 Å². The van der Waals surface area contributed by atoms with Crippen molar-refractivity contribution in [2.24, 2.45) is 20.7 Å². The molecule has 2 aromatic carbocycles. The van der Waals surface area contributed by atoms with E-state index in [1.54, 1.807) is 0 Å². The zero-order chi connectivity index (χ0) is 11.8. The molecule has 0 bridgehead atoms. The van der Waals surface area contributed by atoms with Crippen LogP contribution in [0.1, 0.15) is 0 Å². The first kappa shape index (κ1) is 11.1. The smallest absolute Gasteiger partial charge is 0.142 e. The molecule has 0 fully saturated rings. The molecular weight excluding hydrogens is 212 g/mol. The highest BCUT2D eigenvalue weighted by molar-refractivity contribution is 5.62. The Balaban J connectivity index is 0.000000181. The summed E-state index contributed by atoms with van der Waals surface area (Å²) in [5.41, 5.74) is 2.55. The van der Waals surface area contributed by atoms with Gasteiger partial charge in [-0.3, -0.25) is 0 Å². The van der Waals surface area contributed by atoms with Crippen LogP contribution in [-0.4, -0.2) is 6.67 Å². The molecule has 0 unspecified atom stereocenters. The van der Waals surface area contributed by atoms with Crippen LogP contribution in [0.15, 0.2) is 81.3 Å². The highest BCUT2D eigenvalue weighted by Crippen LogP contribution is 2.17. The van der Waals surface area contributed by atoms with Crippen LogP contribution in [0.25, 0.3) is 11.1 Å². The van der Waals surface area contributed by atoms with Gasteiger partial charge in [0.1, 0.15) is 0 Å². The molecule has 1 aliphatic heterocycles. The van der Waals surface area contributed by atoms with Crippen molar-refractivity contribution in [3.05, 3.63) is 60.7 Å². The Bertz CT molecular complexity index is 444. The summed E-state index contributed by atoms with van der Waals surface area (Å²) in [5.74, 6) is 0. The van der Waals surface area contributed by atoms with Crippen LogP contribution in [0, 0.1) is 0 Å². The van der Waals surface area contributed by atoms with Crippen molar-refractivity contribution in [1.82, 2.24) is 0 Å². The fourth-order valence-electron chi connectivity index (χ4n) is 1.40. The minimum Gasteiger partial charge on any atom is -0.142 e. The van der Waals surface area contributed by atoms with Crippen LogP contribution in [-0.2, 0) is 0 Å². The molecule has 84 valence electrons. The minimum atomic E-state index is 0.417. The topological polar surface area (TPSA) is 49.4 Å². The van der Waals surface area contributed by atoms with Gasteiger partial charge in [0.05, 0.1) is 0 Å². The molecule has 0 N–H and O–H groups in total. The van der Waals surface area contributed by atoms with Gasteiger partial charge in [-0.25, -0.2) is 0 Å². The second kappa shape index (κ2) is 6.27. The van der Waals surface area contributed by atoms with Gasteiger partial charge in [-0.2, -0.15) is 0 Å². The molecule has 0 saturated carbocycles. The van der Waals surface area contributed by atoms with Crippen LogP contribution in [0.5, 0.6) is 0 Å². The predicted molar refractivity (Wildman–Crippen MR) is 66.5 cm³/mol. The maximum Gasteiger partial charge on any atom is 0.175 e. The zero-order valence-corrected chi connectivity index (χ0v) is 9.27. The van der Waals surface area contributed by atoms with E-state index in [4.69, 9.17) is 0 Å². The van der Waals surface area contributed by atoms with E-state index in [0.717, 1.165) is 0 Å². The summed E-state index contributed by atoms with van der Waals surface area (Å²) in [4.78, 5) is 0. The Morgan fingerprint density at radius 2 is 1.00 bits per heavy atom. The summed E-state index contributed by atoms with van der Waals surface area (Å²) >= 11 is 0. The van der Waals surface area contributed by atoms with E-state index in [2.05, 4.69) is 69.2 Å². The lowest BCUT2D eigenvalue weighted by Gasteiger charge is -1.98. The maximum atomic E-state index is 3.38. The molecule has 0 amide bonds. The molecule has 3 rings (SSSR count). The van der Waals surface area contributed by atoms with Crippen LogP contribution >= 0.6 is 0 Å². The number of rotatable bonds is 1. The van der Waals surface area contributed by atoms with Crippen LogP contribution in [0.4, 0.5) is 0 Å². The average molecular weight is 224 g/mol. The lowest BCUT2D eigenvalue weighted by molar-refractivity contribution is 1.05. The second-order valence-corrected chi connectivity index (χ2v) is 3.34. The van der Waals surface area contributed by atoms with E-state index in [1.807, 2.05) is 12.1 Å². The molecule has 1 aliphatic rings. The summed E-state index contributed by atoms with van der Waals surface area (Å²) in [5, 5.41) is 13.1. The minimum absolute atomic E-state index is 0.417. The van der Waals surface area contributed by atoms with Crippen molar-refractivity contribution < 1.29 is 0 Å². The molecule has 0 aromatic heterocycles. The first-order chi connectivity index (χ1) is 8.47. The number of hydrogen-bond acceptors (Lipinski definition) is 4. The van der Waals surface area contributed by atoms with E-state index >= 15 is 0 Å². The van der Waals surface area contributed by atoms with E-state index in [9.17, 15) is 0 Å². The fourth-order valence-corrected chi connectivity index (χ4v) is 1.40. The van der Waals surface area contributed by atoms with Gasteiger partial charge >= 0.3 is 0 Å². The highest BCUT2D eigenvalue weighted by atomic mass is 15.5. The summed E-state index contributed by atoms with van der Waals surface area (Å²) in [6.45, 7) is 0.417. The summed E-state index contributed by atoms with van der Waals surface area (Å²) in [7, 11) is 0. The van der Waals surface area contributed by atoms with Gasteiger partial charge in [-0.1, -0.05) is 60.7 Å². The number of hydrogen-bond donors (Lipinski definition) is 0. The molecule has 4 heteroatoms. The molecule has 0 aliphatic carbocycles. The lowest BCUT2D eigenvalue weighted by Crippen LogP contribution is -1.73. The zero-order valence-electron chi connectivity index (χ0n) is 9.27. The van der Waals surface area contributed by atoms with E-state index < -0.39 is 0 Å². The summed E-state index contributed by atoms with van der Waals surface area (Å²) in [6, 6.07) is 20.8. The summed E-state index contributed by atoms with van der Waals surface area (Å²) in [6.07, 6.45) is 0. The first-order valence-corrected chi connectivity index (χ1v) is 5.30. The number of nitrogens with zero attached hydrogens (tertiary/aromatic N) is 4. The quantitative estimate of drug-likeness (QED) is 0.699. The van der Waals surface area contributed by atoms with Crippen LogP contribution < -0.4 is 0 Å². The van der Waals surface area contributed by atoms with Crippen molar-refractivity contribution in [2.75, 3.05) is 6.67 Å². The van der Waals surface area contributed by atoms with E-state index in [1.165, 1.54) is 11.1 Å². The molecule has 2 aromatic rings. The van der Waals surface area contributed by atoms with Crippen molar-refractivity contribution in [3.63, 3.8) is 0 Å². The average Bonchev–Trinajstić information content (AvgIpc) is 3.00. The lowest BCUT2D eigenvalue weighted by atomic mass is 10.1. The SMILES string of the molecule is C1N=NN=N1.c1ccc(-c2ccccc2)cc1. The molecule has 0 atom stereocenters. The predicted octanol–water partition coefficient (Wildman–Crippen LogP) is 4.13. The normalized spacial score (nSPS) is 12.0. The Labute approximate surface area is 99.7 Å². The second-order valence-electron chi connectivity index (χ2n) is 3.34. The van der Waals surface area contributed by atoms with Gasteiger partial charge in [0.2, 0.25) is 0 Å². The third kappa shape index (κ3) is 3.61. The van der Waals surface area contributed by atoms with Crippen molar-refractivity contribution in [2.45, 2.75) is 0 Å². The third-order valence-electron chi connectivity index (χ3n) is 2.17. The standard InChI is InChI=1S/C12H10.CH2N4/c1-3-7-11(8-4-1)12-9-5-2-6-10-12;1-2-4-5-3-1/h1-10H;1H2. The van der Waals surface area contributed by atoms with Gasteiger partial charge in [0, 0.05) is 0 Å². The summed E-state index contributed by atoms with van der Waals surface area (Å²) < 4.78 is 0. The first-order valence-electron chi connectivity index (χ1n) is 5.30. The molecule has 0 saturated heterocycles. The highest BCUT2D eigenvalue weighted by Gasteiger charge is 1.91. The van der Waals surface area contributed by atoms with Gasteiger partial charge in [0.25, 0.3) is 0 Å². The Morgan fingerprint density at radius 1 is 0.588 bits per heavy atom. The van der Waals surface area contributed by atoms with Gasteiger partial charge < -0.3 is 0 Å². The molecule has 1 heterocycles. The maximum absolute atomic E-state index is 3.38. The van der Waals surface area contributed by atoms with Crippen molar-refractivity contribution >= 4 is 0 Å². The number of benzene rings is 2. The van der Waals surface area contributed by atoms with Gasteiger partial charge in [-0.05, 0) is 21.6 Å². The largest absolute Gasteiger partial charge is 0.175 e. The molecule has 4 nitrogen and oxygen atoms in total. The molecule has 0 spiro atoms. The van der Waals surface area contributed by atoms with E-state index in [-0.39, 0.29) is 0 Å². The Kier molecular flexibility index (Phi) is 4.11. The van der Waals surface area contributed by atoms with Crippen LogP contribution in [0.3, 0.4) is 0 Å². The fraction of sp³-hybridized carbons (Fsp3) is 0.0769.